The first-order valence-electron chi connectivity index (χ1n) is 12.2. The van der Waals surface area contributed by atoms with Gasteiger partial charge in [0, 0.05) is 6.54 Å². The molecular formula is C28H33NO4. The fourth-order valence-electron chi connectivity index (χ4n) is 6.74. The first-order chi connectivity index (χ1) is 16.0. The number of carbonyl (C=O) groups is 2. The van der Waals surface area contributed by atoms with Gasteiger partial charge in [0.2, 0.25) is 0 Å². The second-order valence-electron chi connectivity index (χ2n) is 10.5. The maximum atomic E-state index is 12.7. The van der Waals surface area contributed by atoms with Gasteiger partial charge >= 0.3 is 5.97 Å². The van der Waals surface area contributed by atoms with Crippen molar-refractivity contribution in [2.75, 3.05) is 13.2 Å². The minimum Gasteiger partial charge on any atom is -0.488 e. The maximum Gasteiger partial charge on any atom is 0.342 e. The predicted octanol–water partition coefficient (Wildman–Crippen LogP) is 5.06. The highest BCUT2D eigenvalue weighted by Crippen LogP contribution is 2.59. The number of hydrogen-bond acceptors (Lipinski definition) is 4. The Hall–Kier alpha value is -2.82. The zero-order valence-corrected chi connectivity index (χ0v) is 19.3. The molecule has 0 unspecified atom stereocenters. The van der Waals surface area contributed by atoms with Crippen LogP contribution in [0.25, 0.3) is 0 Å². The van der Waals surface area contributed by atoms with E-state index in [1.54, 1.807) is 18.2 Å². The Labute approximate surface area is 195 Å². The molecule has 0 heterocycles. The number of rotatable bonds is 8. The van der Waals surface area contributed by atoms with Gasteiger partial charge in [0.05, 0.1) is 0 Å². The molecule has 5 heteroatoms. The van der Waals surface area contributed by atoms with Crippen molar-refractivity contribution in [3.8, 4) is 5.75 Å². The summed E-state index contributed by atoms with van der Waals surface area (Å²) < 4.78 is 11.3. The van der Waals surface area contributed by atoms with E-state index in [2.05, 4.69) is 5.32 Å². The number of amides is 1. The summed E-state index contributed by atoms with van der Waals surface area (Å²) in [6, 6.07) is 15.0. The largest absolute Gasteiger partial charge is 0.488 e. The lowest BCUT2D eigenvalue weighted by Crippen LogP contribution is -2.51. The molecule has 1 N–H and O–H groups in total. The van der Waals surface area contributed by atoms with Crippen LogP contribution in [0.5, 0.6) is 5.75 Å². The summed E-state index contributed by atoms with van der Waals surface area (Å²) in [6.07, 6.45) is 7.88. The lowest BCUT2D eigenvalue weighted by Gasteiger charge is -2.56. The van der Waals surface area contributed by atoms with Gasteiger partial charge in [0.15, 0.2) is 6.61 Å². The van der Waals surface area contributed by atoms with Crippen molar-refractivity contribution in [1.82, 2.24) is 5.32 Å². The molecule has 2 aromatic carbocycles. The molecule has 0 spiro atoms. The molecule has 6 rings (SSSR count). The highest BCUT2D eigenvalue weighted by Gasteiger charge is 2.50. The molecular weight excluding hydrogens is 414 g/mol. The van der Waals surface area contributed by atoms with E-state index in [9.17, 15) is 9.59 Å². The van der Waals surface area contributed by atoms with Crippen LogP contribution in [-0.4, -0.2) is 25.0 Å². The van der Waals surface area contributed by atoms with Crippen molar-refractivity contribution in [1.29, 1.82) is 0 Å². The van der Waals surface area contributed by atoms with Crippen LogP contribution in [0.2, 0.25) is 0 Å². The third-order valence-electron chi connectivity index (χ3n) is 7.91. The maximum absolute atomic E-state index is 12.7. The van der Waals surface area contributed by atoms with Crippen LogP contribution in [0.3, 0.4) is 0 Å². The SMILES string of the molecule is Cc1ccccc1COc1ccccc1C(=O)OCC(=O)NCC12CC3CC(CC(C3)C1)C2. The highest BCUT2D eigenvalue weighted by molar-refractivity contribution is 5.94. The van der Waals surface area contributed by atoms with Gasteiger partial charge < -0.3 is 14.8 Å². The quantitative estimate of drug-likeness (QED) is 0.574. The summed E-state index contributed by atoms with van der Waals surface area (Å²) in [5.41, 5.74) is 2.79. The van der Waals surface area contributed by atoms with Gasteiger partial charge in [-0.2, -0.15) is 0 Å². The van der Waals surface area contributed by atoms with Crippen LogP contribution < -0.4 is 10.1 Å². The number of para-hydroxylation sites is 1. The number of esters is 1. The summed E-state index contributed by atoms with van der Waals surface area (Å²) >= 11 is 0. The average molecular weight is 448 g/mol. The monoisotopic (exact) mass is 447 g/mol. The van der Waals surface area contributed by atoms with Gasteiger partial charge in [-0.15, -0.1) is 0 Å². The van der Waals surface area contributed by atoms with Gasteiger partial charge in [-0.05, 0) is 91.9 Å². The Kier molecular flexibility index (Phi) is 6.13. The lowest BCUT2D eigenvalue weighted by atomic mass is 9.49. The molecule has 33 heavy (non-hydrogen) atoms. The topological polar surface area (TPSA) is 64.6 Å². The van der Waals surface area contributed by atoms with Crippen molar-refractivity contribution >= 4 is 11.9 Å². The zero-order valence-electron chi connectivity index (χ0n) is 19.3. The van der Waals surface area contributed by atoms with Crippen molar-refractivity contribution in [3.63, 3.8) is 0 Å². The average Bonchev–Trinajstić information content (AvgIpc) is 2.80. The number of benzene rings is 2. The molecule has 4 aliphatic rings. The van der Waals surface area contributed by atoms with Gasteiger partial charge in [-0.1, -0.05) is 36.4 Å². The Bertz CT molecular complexity index is 995. The molecule has 1 amide bonds. The second-order valence-corrected chi connectivity index (χ2v) is 10.5. The van der Waals surface area contributed by atoms with E-state index in [0.717, 1.165) is 28.9 Å². The minimum absolute atomic E-state index is 0.225. The van der Waals surface area contributed by atoms with E-state index in [1.807, 2.05) is 37.3 Å². The van der Waals surface area contributed by atoms with E-state index >= 15 is 0 Å². The number of hydrogen-bond donors (Lipinski definition) is 1. The van der Waals surface area contributed by atoms with Crippen LogP contribution in [0.4, 0.5) is 0 Å². The van der Waals surface area contributed by atoms with Crippen LogP contribution in [0.15, 0.2) is 48.5 Å². The molecule has 4 bridgehead atoms. The molecule has 0 radical (unpaired) electrons. The molecule has 0 atom stereocenters. The van der Waals surface area contributed by atoms with Crippen LogP contribution in [0, 0.1) is 30.1 Å². The van der Waals surface area contributed by atoms with Gasteiger partial charge in [0.25, 0.3) is 5.91 Å². The fourth-order valence-corrected chi connectivity index (χ4v) is 6.74. The Morgan fingerprint density at radius 2 is 1.58 bits per heavy atom. The summed E-state index contributed by atoms with van der Waals surface area (Å²) in [4.78, 5) is 25.2. The van der Waals surface area contributed by atoms with E-state index in [4.69, 9.17) is 9.47 Å². The highest BCUT2D eigenvalue weighted by atomic mass is 16.5. The molecule has 4 aliphatic carbocycles. The van der Waals surface area contributed by atoms with Crippen molar-refractivity contribution in [2.24, 2.45) is 23.2 Å². The normalized spacial score (nSPS) is 27.2. The standard InChI is InChI=1S/C28H33NO4/c1-19-6-2-3-7-23(19)16-32-25-9-5-4-8-24(25)27(31)33-17-26(30)29-18-28-13-20-10-21(14-28)12-22(11-20)15-28/h2-9,20-22H,10-18H2,1H3,(H,29,30). The summed E-state index contributed by atoms with van der Waals surface area (Å²) in [6.45, 7) is 2.84. The summed E-state index contributed by atoms with van der Waals surface area (Å²) in [5.74, 6) is 2.24. The van der Waals surface area contributed by atoms with Gasteiger partial charge in [0.1, 0.15) is 17.9 Å². The van der Waals surface area contributed by atoms with Crippen LogP contribution in [-0.2, 0) is 16.1 Å². The number of ether oxygens (including phenoxy) is 2. The summed E-state index contributed by atoms with van der Waals surface area (Å²) in [5, 5.41) is 3.07. The molecule has 0 aliphatic heterocycles. The third-order valence-corrected chi connectivity index (χ3v) is 7.91. The molecule has 2 aromatic rings. The van der Waals surface area contributed by atoms with Crippen molar-refractivity contribution in [2.45, 2.75) is 52.1 Å². The number of carbonyl (C=O) groups excluding carboxylic acids is 2. The molecule has 174 valence electrons. The van der Waals surface area contributed by atoms with Gasteiger partial charge in [-0.3, -0.25) is 4.79 Å². The van der Waals surface area contributed by atoms with E-state index in [0.29, 0.717) is 24.5 Å². The fraction of sp³-hybridized carbons (Fsp3) is 0.500. The number of aryl methyl sites for hydroxylation is 1. The molecule has 5 nitrogen and oxygen atoms in total. The smallest absolute Gasteiger partial charge is 0.342 e. The number of nitrogens with one attached hydrogen (secondary N) is 1. The third kappa shape index (κ3) is 4.92. The first kappa shape index (κ1) is 22.0. The van der Waals surface area contributed by atoms with Gasteiger partial charge in [-0.25, -0.2) is 4.79 Å². The van der Waals surface area contributed by atoms with Crippen LogP contribution >= 0.6 is 0 Å². The molecule has 4 saturated carbocycles. The molecule has 0 saturated heterocycles. The van der Waals surface area contributed by atoms with Crippen molar-refractivity contribution in [3.05, 3.63) is 65.2 Å². The lowest BCUT2D eigenvalue weighted by molar-refractivity contribution is -0.126. The zero-order chi connectivity index (χ0) is 22.8. The minimum atomic E-state index is -0.541. The Balaban J connectivity index is 1.13. The van der Waals surface area contributed by atoms with E-state index in [1.165, 1.54) is 38.5 Å². The Morgan fingerprint density at radius 3 is 2.27 bits per heavy atom. The second kappa shape index (κ2) is 9.20. The van der Waals surface area contributed by atoms with E-state index in [-0.39, 0.29) is 17.9 Å². The van der Waals surface area contributed by atoms with E-state index < -0.39 is 5.97 Å². The van der Waals surface area contributed by atoms with Crippen molar-refractivity contribution < 1.29 is 19.1 Å². The van der Waals surface area contributed by atoms with Crippen LogP contribution in [0.1, 0.15) is 60.0 Å². The first-order valence-corrected chi connectivity index (χ1v) is 12.2. The summed E-state index contributed by atoms with van der Waals surface area (Å²) in [7, 11) is 0. The predicted molar refractivity (Wildman–Crippen MR) is 126 cm³/mol. The molecule has 4 fully saturated rings. The Morgan fingerprint density at radius 1 is 0.939 bits per heavy atom. The molecule has 0 aromatic heterocycles.